The molecule has 0 atom stereocenters. The monoisotopic (exact) mass is 590 g/mol. The van der Waals surface area contributed by atoms with E-state index in [1.165, 1.54) is 55.1 Å². The molecule has 0 saturated heterocycles. The van der Waals surface area contributed by atoms with Crippen LogP contribution in [0.2, 0.25) is 0 Å². The first kappa shape index (κ1) is 25.6. The summed E-state index contributed by atoms with van der Waals surface area (Å²) in [5, 5.41) is 4.90. The van der Waals surface area contributed by atoms with E-state index in [9.17, 15) is 0 Å². The summed E-state index contributed by atoms with van der Waals surface area (Å²) in [6.45, 7) is 0. The quantitative estimate of drug-likeness (QED) is 0.205. The lowest BCUT2D eigenvalue weighted by molar-refractivity contribution is 0.928. The third kappa shape index (κ3) is 3.67. The summed E-state index contributed by atoms with van der Waals surface area (Å²) in [6, 6.07) is 39.1. The molecule has 3 heterocycles. The van der Waals surface area contributed by atoms with E-state index in [2.05, 4.69) is 143 Å². The summed E-state index contributed by atoms with van der Waals surface area (Å²) < 4.78 is 4.67. The van der Waals surface area contributed by atoms with Crippen molar-refractivity contribution < 1.29 is 0 Å². The van der Waals surface area contributed by atoms with Crippen molar-refractivity contribution in [2.24, 2.45) is 0 Å². The van der Waals surface area contributed by atoms with E-state index in [0.717, 1.165) is 59.5 Å². The number of aromatic nitrogens is 4. The van der Waals surface area contributed by atoms with Crippen LogP contribution >= 0.6 is 0 Å². The zero-order chi connectivity index (χ0) is 30.2. The van der Waals surface area contributed by atoms with Crippen LogP contribution in [0.3, 0.4) is 0 Å². The van der Waals surface area contributed by atoms with E-state index in [-0.39, 0.29) is 0 Å². The minimum absolute atomic E-state index is 0.726. The molecule has 0 saturated carbocycles. The van der Waals surface area contributed by atoms with Gasteiger partial charge < -0.3 is 4.57 Å². The lowest BCUT2D eigenvalue weighted by Gasteiger charge is -2.14. The normalized spacial score (nSPS) is 14.0. The van der Waals surface area contributed by atoms with Gasteiger partial charge in [-0.25, -0.2) is 9.97 Å². The molecule has 0 N–H and O–H groups in total. The van der Waals surface area contributed by atoms with Crippen molar-refractivity contribution >= 4 is 55.8 Å². The van der Waals surface area contributed by atoms with Gasteiger partial charge in [0.05, 0.1) is 33.5 Å². The van der Waals surface area contributed by atoms with Crippen molar-refractivity contribution in [1.29, 1.82) is 0 Å². The highest BCUT2D eigenvalue weighted by molar-refractivity contribution is 6.11. The first-order valence-corrected chi connectivity index (χ1v) is 16.2. The van der Waals surface area contributed by atoms with Crippen molar-refractivity contribution in [3.8, 4) is 22.9 Å². The Labute approximate surface area is 266 Å². The highest BCUT2D eigenvalue weighted by Crippen LogP contribution is 2.40. The van der Waals surface area contributed by atoms with Crippen molar-refractivity contribution in [3.05, 3.63) is 144 Å². The third-order valence-corrected chi connectivity index (χ3v) is 9.87. The SMILES string of the molecule is C1=Cc2ccc3c(c2CC1)c1c(n3-c2nc(-c3ccc4c(c3)c3ccccc3n4-c3ccccc3)c3ccccc3n2)C=CCC1. The zero-order valence-corrected chi connectivity index (χ0v) is 25.3. The molecule has 0 radical (unpaired) electrons. The zero-order valence-electron chi connectivity index (χ0n) is 25.3. The standard InChI is InChI=1S/C42H30N4/c1-2-13-29(14-3-1)45-36-20-10-7-16-31(36)34-26-28(23-24-38(34)45)41-32-17-6-9-19-35(32)43-42(44-41)46-37-21-11-8-18-33(37)40-30-15-5-4-12-27(30)22-25-39(40)46/h1-4,6-7,9-14,16-17,19-26H,5,8,15,18H2. The van der Waals surface area contributed by atoms with Gasteiger partial charge in [-0.3, -0.25) is 4.57 Å². The Bertz CT molecular complexity index is 2580. The van der Waals surface area contributed by atoms with Gasteiger partial charge in [-0.2, -0.15) is 0 Å². The number of allylic oxidation sites excluding steroid dienone is 2. The number of hydrogen-bond donors (Lipinski definition) is 0. The van der Waals surface area contributed by atoms with E-state index >= 15 is 0 Å². The number of aryl methyl sites for hydroxylation is 2. The largest absolute Gasteiger partial charge is 0.309 e. The second-order valence-corrected chi connectivity index (χ2v) is 12.4. The molecule has 0 fully saturated rings. The molecule has 4 heteroatoms. The molecule has 5 aromatic carbocycles. The van der Waals surface area contributed by atoms with Crippen molar-refractivity contribution in [2.45, 2.75) is 25.7 Å². The molecule has 3 aromatic heterocycles. The lowest BCUT2D eigenvalue weighted by Crippen LogP contribution is -2.06. The molecule has 0 bridgehead atoms. The van der Waals surface area contributed by atoms with Gasteiger partial charge in [0.15, 0.2) is 0 Å². The molecule has 46 heavy (non-hydrogen) atoms. The maximum atomic E-state index is 5.43. The molecule has 0 amide bonds. The van der Waals surface area contributed by atoms with E-state index in [1.807, 2.05) is 0 Å². The number of para-hydroxylation sites is 3. The molecule has 10 rings (SSSR count). The van der Waals surface area contributed by atoms with Gasteiger partial charge in [-0.05, 0) is 90.9 Å². The summed E-state index contributed by atoms with van der Waals surface area (Å²) in [7, 11) is 0. The van der Waals surface area contributed by atoms with Crippen LogP contribution < -0.4 is 0 Å². The van der Waals surface area contributed by atoms with E-state index in [4.69, 9.17) is 9.97 Å². The lowest BCUT2D eigenvalue weighted by atomic mass is 9.90. The number of benzene rings is 5. The molecule has 0 aliphatic heterocycles. The average Bonchev–Trinajstić information content (AvgIpc) is 3.64. The Morgan fingerprint density at radius 2 is 1.28 bits per heavy atom. The van der Waals surface area contributed by atoms with Gasteiger partial charge >= 0.3 is 0 Å². The summed E-state index contributed by atoms with van der Waals surface area (Å²) in [5.74, 6) is 0.726. The fraction of sp³-hybridized carbons (Fsp3) is 0.0952. The molecule has 0 unspecified atom stereocenters. The predicted octanol–water partition coefficient (Wildman–Crippen LogP) is 10.3. The number of nitrogens with zero attached hydrogens (tertiary/aromatic N) is 4. The first-order chi connectivity index (χ1) is 22.8. The van der Waals surface area contributed by atoms with E-state index in [1.54, 1.807) is 0 Å². The van der Waals surface area contributed by atoms with Crippen LogP contribution in [0.5, 0.6) is 0 Å². The van der Waals surface area contributed by atoms with Crippen LogP contribution in [-0.4, -0.2) is 19.1 Å². The fourth-order valence-electron chi connectivity index (χ4n) is 7.86. The summed E-state index contributed by atoms with van der Waals surface area (Å²) in [4.78, 5) is 10.7. The van der Waals surface area contributed by atoms with E-state index in [0.29, 0.717) is 0 Å². The Kier molecular flexibility index (Phi) is 5.49. The Morgan fingerprint density at radius 1 is 0.543 bits per heavy atom. The Balaban J connectivity index is 1.25. The predicted molar refractivity (Wildman–Crippen MR) is 191 cm³/mol. The number of hydrogen-bond acceptors (Lipinski definition) is 2. The van der Waals surface area contributed by atoms with Gasteiger partial charge in [-0.1, -0.05) is 85.0 Å². The molecule has 2 aliphatic rings. The van der Waals surface area contributed by atoms with Crippen molar-refractivity contribution in [3.63, 3.8) is 0 Å². The van der Waals surface area contributed by atoms with Crippen LogP contribution in [0.4, 0.5) is 0 Å². The van der Waals surface area contributed by atoms with Crippen LogP contribution in [0.25, 0.3) is 78.7 Å². The molecular weight excluding hydrogens is 560 g/mol. The van der Waals surface area contributed by atoms with Crippen LogP contribution in [0, 0.1) is 0 Å². The first-order valence-electron chi connectivity index (χ1n) is 16.2. The summed E-state index contributed by atoms with van der Waals surface area (Å²) >= 11 is 0. The summed E-state index contributed by atoms with van der Waals surface area (Å²) in [5.41, 5.74) is 13.2. The van der Waals surface area contributed by atoms with Gasteiger partial charge in [0.25, 0.3) is 0 Å². The molecule has 4 nitrogen and oxygen atoms in total. The van der Waals surface area contributed by atoms with Crippen LogP contribution in [-0.2, 0) is 12.8 Å². The smallest absolute Gasteiger partial charge is 0.235 e. The minimum Gasteiger partial charge on any atom is -0.309 e. The topological polar surface area (TPSA) is 35.6 Å². The van der Waals surface area contributed by atoms with Gasteiger partial charge in [0, 0.05) is 32.8 Å². The third-order valence-electron chi connectivity index (χ3n) is 9.87. The highest BCUT2D eigenvalue weighted by Gasteiger charge is 2.25. The maximum Gasteiger partial charge on any atom is 0.235 e. The average molecular weight is 591 g/mol. The number of rotatable bonds is 3. The molecule has 2 aliphatic carbocycles. The fourth-order valence-corrected chi connectivity index (χ4v) is 7.86. The highest BCUT2D eigenvalue weighted by atomic mass is 15.2. The Morgan fingerprint density at radius 3 is 2.20 bits per heavy atom. The molecular formula is C42H30N4. The van der Waals surface area contributed by atoms with Gasteiger partial charge in [0.2, 0.25) is 5.95 Å². The van der Waals surface area contributed by atoms with Crippen LogP contribution in [0.15, 0.2) is 121 Å². The second kappa shape index (κ2) is 9.88. The Hall–Kier alpha value is -5.74. The summed E-state index contributed by atoms with van der Waals surface area (Å²) in [6.07, 6.45) is 13.4. The van der Waals surface area contributed by atoms with Crippen molar-refractivity contribution in [1.82, 2.24) is 19.1 Å². The minimum atomic E-state index is 0.726. The molecule has 218 valence electrons. The maximum absolute atomic E-state index is 5.43. The van der Waals surface area contributed by atoms with Crippen molar-refractivity contribution in [2.75, 3.05) is 0 Å². The molecule has 0 spiro atoms. The second-order valence-electron chi connectivity index (χ2n) is 12.4. The van der Waals surface area contributed by atoms with Gasteiger partial charge in [0.1, 0.15) is 0 Å². The molecule has 8 aromatic rings. The van der Waals surface area contributed by atoms with Crippen LogP contribution in [0.1, 0.15) is 35.2 Å². The van der Waals surface area contributed by atoms with E-state index < -0.39 is 0 Å². The number of fused-ring (bicyclic) bond motifs is 9. The van der Waals surface area contributed by atoms with Gasteiger partial charge in [-0.15, -0.1) is 0 Å².